The van der Waals surface area contributed by atoms with Crippen molar-refractivity contribution in [2.45, 2.75) is 39.7 Å². The van der Waals surface area contributed by atoms with Crippen LogP contribution >= 0.6 is 0 Å². The van der Waals surface area contributed by atoms with Gasteiger partial charge in [0, 0.05) is 17.7 Å². The molecule has 190 valence electrons. The Balaban J connectivity index is 1.89. The summed E-state index contributed by atoms with van der Waals surface area (Å²) in [6.45, 7) is 4.76. The van der Waals surface area contributed by atoms with Gasteiger partial charge in [-0.15, -0.1) is 13.2 Å². The summed E-state index contributed by atoms with van der Waals surface area (Å²) < 4.78 is 51.8. The molecule has 11 heteroatoms. The third-order valence-electron chi connectivity index (χ3n) is 4.65. The number of nitrogens with one attached hydrogen (secondary N) is 2. The van der Waals surface area contributed by atoms with E-state index in [2.05, 4.69) is 15.4 Å². The molecular weight excluding hydrogens is 469 g/mol. The van der Waals surface area contributed by atoms with Gasteiger partial charge in [-0.1, -0.05) is 32.0 Å². The van der Waals surface area contributed by atoms with Crippen molar-refractivity contribution < 1.29 is 41.8 Å². The fourth-order valence-electron chi connectivity index (χ4n) is 2.94. The van der Waals surface area contributed by atoms with E-state index in [9.17, 15) is 27.6 Å². The third kappa shape index (κ3) is 9.19. The third-order valence-corrected chi connectivity index (χ3v) is 4.65. The van der Waals surface area contributed by atoms with E-state index in [4.69, 9.17) is 9.47 Å². The average molecular weight is 496 g/mol. The van der Waals surface area contributed by atoms with Crippen LogP contribution in [0.4, 0.5) is 13.2 Å². The number of amides is 2. The van der Waals surface area contributed by atoms with Crippen LogP contribution in [0.25, 0.3) is 0 Å². The number of ether oxygens (including phenoxy) is 3. The number of hydrogen-bond acceptors (Lipinski definition) is 6. The van der Waals surface area contributed by atoms with Gasteiger partial charge in [-0.2, -0.15) is 0 Å². The molecular formula is C24H27F3N2O6. The molecule has 0 fully saturated rings. The zero-order chi connectivity index (χ0) is 26.0. The van der Waals surface area contributed by atoms with Gasteiger partial charge >= 0.3 is 12.3 Å². The van der Waals surface area contributed by atoms with Crippen molar-refractivity contribution in [2.24, 2.45) is 5.92 Å². The van der Waals surface area contributed by atoms with Gasteiger partial charge in [0.05, 0.1) is 6.61 Å². The van der Waals surface area contributed by atoms with Crippen LogP contribution in [0.2, 0.25) is 0 Å². The lowest BCUT2D eigenvalue weighted by Gasteiger charge is -2.21. The number of para-hydroxylation sites is 1. The fourth-order valence-corrected chi connectivity index (χ4v) is 2.94. The highest BCUT2D eigenvalue weighted by atomic mass is 19.4. The van der Waals surface area contributed by atoms with Crippen molar-refractivity contribution >= 4 is 17.8 Å². The van der Waals surface area contributed by atoms with Crippen LogP contribution in [-0.4, -0.2) is 43.4 Å². The number of rotatable bonds is 11. The topological polar surface area (TPSA) is 103 Å². The van der Waals surface area contributed by atoms with E-state index in [-0.39, 0.29) is 18.0 Å². The molecule has 0 aromatic heterocycles. The summed E-state index contributed by atoms with van der Waals surface area (Å²) >= 11 is 0. The predicted octanol–water partition coefficient (Wildman–Crippen LogP) is 3.60. The van der Waals surface area contributed by atoms with E-state index in [0.29, 0.717) is 17.9 Å². The summed E-state index contributed by atoms with van der Waals surface area (Å²) in [5, 5.41) is 4.95. The Morgan fingerprint density at radius 2 is 1.66 bits per heavy atom. The SMILES string of the molecule is CCOc1ccc(C(=O)N[C@H](C(=O)OCC(=O)NCc2ccccc2OC(F)(F)F)C(C)C)cc1. The smallest absolute Gasteiger partial charge is 0.494 e. The predicted molar refractivity (Wildman–Crippen MR) is 120 cm³/mol. The van der Waals surface area contributed by atoms with Gasteiger partial charge in [0.15, 0.2) is 6.61 Å². The summed E-state index contributed by atoms with van der Waals surface area (Å²) in [6, 6.07) is 10.7. The lowest BCUT2D eigenvalue weighted by atomic mass is 10.0. The van der Waals surface area contributed by atoms with Crippen molar-refractivity contribution in [1.29, 1.82) is 0 Å². The van der Waals surface area contributed by atoms with Crippen molar-refractivity contribution in [3.63, 3.8) is 0 Å². The zero-order valence-electron chi connectivity index (χ0n) is 19.5. The van der Waals surface area contributed by atoms with Crippen molar-refractivity contribution in [3.05, 3.63) is 59.7 Å². The maximum atomic E-state index is 12.5. The normalized spacial score (nSPS) is 12.0. The molecule has 0 aliphatic rings. The summed E-state index contributed by atoms with van der Waals surface area (Å²) in [5.41, 5.74) is 0.400. The standard InChI is InChI=1S/C24H27F3N2O6/c1-4-33-18-11-9-16(10-12-18)22(31)29-21(15(2)3)23(32)34-14-20(30)28-13-17-7-5-6-8-19(17)35-24(25,26)27/h5-12,15,21H,4,13-14H2,1-3H3,(H,28,30)(H,29,31)/t21-/m0/s1. The Bertz CT molecular complexity index is 1010. The molecule has 0 bridgehead atoms. The second kappa shape index (κ2) is 12.6. The van der Waals surface area contributed by atoms with Gasteiger partial charge in [-0.3, -0.25) is 9.59 Å². The molecule has 2 amide bonds. The van der Waals surface area contributed by atoms with E-state index in [1.807, 2.05) is 6.92 Å². The number of alkyl halides is 3. The molecule has 2 rings (SSSR count). The number of esters is 1. The number of halogens is 3. The number of hydrogen-bond donors (Lipinski definition) is 2. The van der Waals surface area contributed by atoms with Crippen molar-refractivity contribution in [1.82, 2.24) is 10.6 Å². The highest BCUT2D eigenvalue weighted by Crippen LogP contribution is 2.26. The van der Waals surface area contributed by atoms with Gasteiger partial charge in [-0.05, 0) is 43.2 Å². The minimum Gasteiger partial charge on any atom is -0.494 e. The fraction of sp³-hybridized carbons (Fsp3) is 0.375. The molecule has 0 spiro atoms. The molecule has 8 nitrogen and oxygen atoms in total. The minimum absolute atomic E-state index is 0.0900. The minimum atomic E-state index is -4.88. The number of benzene rings is 2. The Morgan fingerprint density at radius 3 is 2.26 bits per heavy atom. The quantitative estimate of drug-likeness (QED) is 0.461. The lowest BCUT2D eigenvalue weighted by molar-refractivity contribution is -0.274. The average Bonchev–Trinajstić information content (AvgIpc) is 2.79. The maximum absolute atomic E-state index is 12.5. The van der Waals surface area contributed by atoms with Crippen LogP contribution in [0.1, 0.15) is 36.7 Å². The van der Waals surface area contributed by atoms with Crippen LogP contribution in [0.15, 0.2) is 48.5 Å². The molecule has 0 saturated carbocycles. The van der Waals surface area contributed by atoms with E-state index < -0.39 is 42.5 Å². The molecule has 0 heterocycles. The second-order valence-electron chi connectivity index (χ2n) is 7.69. The molecule has 0 radical (unpaired) electrons. The van der Waals surface area contributed by atoms with Crippen LogP contribution in [-0.2, 0) is 20.9 Å². The summed E-state index contributed by atoms with van der Waals surface area (Å²) in [5.74, 6) is -2.26. The van der Waals surface area contributed by atoms with E-state index in [1.165, 1.54) is 18.2 Å². The lowest BCUT2D eigenvalue weighted by Crippen LogP contribution is -2.46. The van der Waals surface area contributed by atoms with Crippen LogP contribution in [0, 0.1) is 5.92 Å². The van der Waals surface area contributed by atoms with Crippen LogP contribution in [0.5, 0.6) is 11.5 Å². The van der Waals surface area contributed by atoms with Gasteiger partial charge in [0.25, 0.3) is 11.8 Å². The molecule has 2 aromatic rings. The first kappa shape index (κ1) is 27.5. The summed E-state index contributed by atoms with van der Waals surface area (Å²) in [6.07, 6.45) is -4.88. The Kier molecular flexibility index (Phi) is 9.92. The second-order valence-corrected chi connectivity index (χ2v) is 7.69. The molecule has 0 saturated heterocycles. The van der Waals surface area contributed by atoms with E-state index in [0.717, 1.165) is 6.07 Å². The summed E-state index contributed by atoms with van der Waals surface area (Å²) in [7, 11) is 0. The first-order valence-corrected chi connectivity index (χ1v) is 10.8. The number of carbonyl (C=O) groups excluding carboxylic acids is 3. The largest absolute Gasteiger partial charge is 0.573 e. The van der Waals surface area contributed by atoms with E-state index in [1.54, 1.807) is 38.1 Å². The summed E-state index contributed by atoms with van der Waals surface area (Å²) in [4.78, 5) is 37.1. The first-order chi connectivity index (χ1) is 16.5. The van der Waals surface area contributed by atoms with Crippen LogP contribution in [0.3, 0.4) is 0 Å². The highest BCUT2D eigenvalue weighted by Gasteiger charge is 2.32. The molecule has 0 aliphatic carbocycles. The van der Waals surface area contributed by atoms with Gasteiger partial charge in [0.2, 0.25) is 0 Å². The van der Waals surface area contributed by atoms with E-state index >= 15 is 0 Å². The molecule has 2 N–H and O–H groups in total. The van der Waals surface area contributed by atoms with Crippen molar-refractivity contribution in [3.8, 4) is 11.5 Å². The number of carbonyl (C=O) groups is 3. The van der Waals surface area contributed by atoms with Gasteiger partial charge < -0.3 is 24.8 Å². The van der Waals surface area contributed by atoms with Crippen molar-refractivity contribution in [2.75, 3.05) is 13.2 Å². The zero-order valence-corrected chi connectivity index (χ0v) is 19.5. The van der Waals surface area contributed by atoms with Gasteiger partial charge in [0.1, 0.15) is 17.5 Å². The molecule has 35 heavy (non-hydrogen) atoms. The monoisotopic (exact) mass is 496 g/mol. The van der Waals surface area contributed by atoms with Crippen LogP contribution < -0.4 is 20.1 Å². The molecule has 2 aromatic carbocycles. The molecule has 0 aliphatic heterocycles. The first-order valence-electron chi connectivity index (χ1n) is 10.8. The Morgan fingerprint density at radius 1 is 1.00 bits per heavy atom. The molecule has 0 unspecified atom stereocenters. The Hall–Kier alpha value is -3.76. The molecule has 1 atom stereocenters. The Labute approximate surface area is 200 Å². The maximum Gasteiger partial charge on any atom is 0.573 e. The highest BCUT2D eigenvalue weighted by molar-refractivity contribution is 5.97. The van der Waals surface area contributed by atoms with Gasteiger partial charge in [-0.25, -0.2) is 4.79 Å².